The van der Waals surface area contributed by atoms with Crippen LogP contribution in [0.25, 0.3) is 0 Å². The first kappa shape index (κ1) is 18.0. The van der Waals surface area contributed by atoms with Crippen molar-refractivity contribution in [2.24, 2.45) is 4.99 Å². The molecule has 1 N–H and O–H groups in total. The largest absolute Gasteiger partial charge is 0.466 e. The van der Waals surface area contributed by atoms with Gasteiger partial charge in [0.15, 0.2) is 5.96 Å². The van der Waals surface area contributed by atoms with Gasteiger partial charge in [0.2, 0.25) is 0 Å². The minimum absolute atomic E-state index is 0.127. The van der Waals surface area contributed by atoms with Crippen molar-refractivity contribution in [3.63, 3.8) is 0 Å². The Balaban J connectivity index is 1.69. The Morgan fingerprint density at radius 1 is 1.35 bits per heavy atom. The van der Waals surface area contributed by atoms with E-state index in [1.54, 1.807) is 0 Å². The van der Waals surface area contributed by atoms with Crippen LogP contribution in [0.3, 0.4) is 0 Å². The summed E-state index contributed by atoms with van der Waals surface area (Å²) in [6.45, 7) is 8.81. The molecular formula is C16H30N4O3. The summed E-state index contributed by atoms with van der Waals surface area (Å²) in [5.41, 5.74) is 0. The molecule has 2 aliphatic heterocycles. The van der Waals surface area contributed by atoms with Gasteiger partial charge in [-0.25, -0.2) is 0 Å². The number of hydrogen-bond acceptors (Lipinski definition) is 5. The molecule has 0 spiro atoms. The number of esters is 1. The van der Waals surface area contributed by atoms with E-state index in [4.69, 9.17) is 9.47 Å². The Labute approximate surface area is 139 Å². The number of nitrogens with one attached hydrogen (secondary N) is 1. The molecular weight excluding hydrogens is 296 g/mol. The monoisotopic (exact) mass is 326 g/mol. The van der Waals surface area contributed by atoms with E-state index in [0.29, 0.717) is 19.1 Å². The van der Waals surface area contributed by atoms with Gasteiger partial charge >= 0.3 is 5.97 Å². The molecule has 2 saturated heterocycles. The third-order valence-corrected chi connectivity index (χ3v) is 4.38. The molecule has 2 heterocycles. The fraction of sp³-hybridized carbons (Fsp3) is 0.875. The van der Waals surface area contributed by atoms with Crippen molar-refractivity contribution >= 4 is 11.9 Å². The summed E-state index contributed by atoms with van der Waals surface area (Å²) in [6, 6.07) is 0.594. The molecule has 0 aromatic rings. The SMILES string of the molecule is CCOC(=O)CCCNC(=NC)N1CCC(N2CCOCC2)C1. The predicted octanol–water partition coefficient (Wildman–Crippen LogP) is 0.312. The van der Waals surface area contributed by atoms with Crippen molar-refractivity contribution in [2.75, 3.05) is 59.6 Å². The van der Waals surface area contributed by atoms with Crippen LogP contribution in [-0.4, -0.2) is 87.4 Å². The Morgan fingerprint density at radius 2 is 2.13 bits per heavy atom. The van der Waals surface area contributed by atoms with E-state index in [9.17, 15) is 4.79 Å². The second-order valence-corrected chi connectivity index (χ2v) is 5.92. The summed E-state index contributed by atoms with van der Waals surface area (Å²) in [6.07, 6.45) is 2.39. The van der Waals surface area contributed by atoms with E-state index in [-0.39, 0.29) is 5.97 Å². The molecule has 0 aromatic carbocycles. The third-order valence-electron chi connectivity index (χ3n) is 4.38. The highest BCUT2D eigenvalue weighted by Crippen LogP contribution is 2.17. The van der Waals surface area contributed by atoms with E-state index in [2.05, 4.69) is 20.1 Å². The van der Waals surface area contributed by atoms with Crippen molar-refractivity contribution in [3.8, 4) is 0 Å². The number of ether oxygens (including phenoxy) is 2. The molecule has 1 atom stereocenters. The number of morpholine rings is 1. The van der Waals surface area contributed by atoms with E-state index in [1.807, 2.05) is 14.0 Å². The van der Waals surface area contributed by atoms with Crippen LogP contribution in [0.5, 0.6) is 0 Å². The lowest BCUT2D eigenvalue weighted by molar-refractivity contribution is -0.143. The maximum atomic E-state index is 11.3. The molecule has 0 radical (unpaired) electrons. The first-order valence-corrected chi connectivity index (χ1v) is 8.67. The summed E-state index contributed by atoms with van der Waals surface area (Å²) >= 11 is 0. The Kier molecular flexibility index (Phi) is 7.61. The van der Waals surface area contributed by atoms with Gasteiger partial charge in [-0.15, -0.1) is 0 Å². The normalized spacial score (nSPS) is 23.1. The standard InChI is InChI=1S/C16H30N4O3/c1-3-23-15(21)5-4-7-18-16(17-2)20-8-6-14(13-20)19-9-11-22-12-10-19/h14H,3-13H2,1-2H3,(H,17,18). The molecule has 0 saturated carbocycles. The average molecular weight is 326 g/mol. The van der Waals surface area contributed by atoms with Gasteiger partial charge < -0.3 is 19.7 Å². The Hall–Kier alpha value is -1.34. The zero-order valence-corrected chi connectivity index (χ0v) is 14.4. The minimum atomic E-state index is -0.127. The number of nitrogens with zero attached hydrogens (tertiary/aromatic N) is 3. The van der Waals surface area contributed by atoms with Gasteiger partial charge in [0.25, 0.3) is 0 Å². The average Bonchev–Trinajstić information content (AvgIpc) is 3.06. The highest BCUT2D eigenvalue weighted by molar-refractivity contribution is 5.80. The molecule has 7 nitrogen and oxygen atoms in total. The van der Waals surface area contributed by atoms with Crippen molar-refractivity contribution in [1.29, 1.82) is 0 Å². The Bertz CT molecular complexity index is 397. The highest BCUT2D eigenvalue weighted by Gasteiger charge is 2.30. The summed E-state index contributed by atoms with van der Waals surface area (Å²) in [4.78, 5) is 20.5. The van der Waals surface area contributed by atoms with E-state index in [1.165, 1.54) is 6.42 Å². The molecule has 7 heteroatoms. The van der Waals surface area contributed by atoms with Gasteiger partial charge in [0.05, 0.1) is 19.8 Å². The fourth-order valence-corrected chi connectivity index (χ4v) is 3.17. The van der Waals surface area contributed by atoms with Gasteiger partial charge in [-0.1, -0.05) is 0 Å². The van der Waals surface area contributed by atoms with Crippen molar-refractivity contribution in [1.82, 2.24) is 15.1 Å². The van der Waals surface area contributed by atoms with Crippen LogP contribution in [0, 0.1) is 0 Å². The molecule has 2 fully saturated rings. The number of carbonyl (C=O) groups is 1. The van der Waals surface area contributed by atoms with Crippen LogP contribution in [0.2, 0.25) is 0 Å². The van der Waals surface area contributed by atoms with Crippen molar-refractivity contribution in [3.05, 3.63) is 0 Å². The lowest BCUT2D eigenvalue weighted by Crippen LogP contribution is -2.46. The zero-order valence-electron chi connectivity index (χ0n) is 14.4. The summed E-state index contributed by atoms with van der Waals surface area (Å²) in [7, 11) is 1.82. The zero-order chi connectivity index (χ0) is 16.5. The molecule has 2 aliphatic rings. The number of rotatable bonds is 6. The summed E-state index contributed by atoms with van der Waals surface area (Å²) in [5, 5.41) is 3.36. The van der Waals surface area contributed by atoms with E-state index < -0.39 is 0 Å². The summed E-state index contributed by atoms with van der Waals surface area (Å²) < 4.78 is 10.4. The van der Waals surface area contributed by atoms with E-state index >= 15 is 0 Å². The predicted molar refractivity (Wildman–Crippen MR) is 89.6 cm³/mol. The molecule has 2 rings (SSSR count). The number of likely N-dealkylation sites (tertiary alicyclic amines) is 1. The molecule has 1 unspecified atom stereocenters. The Morgan fingerprint density at radius 3 is 2.83 bits per heavy atom. The van der Waals surface area contributed by atoms with Gasteiger partial charge in [-0.3, -0.25) is 14.7 Å². The molecule has 0 aromatic heterocycles. The first-order chi connectivity index (χ1) is 11.2. The van der Waals surface area contributed by atoms with Gasteiger partial charge in [0.1, 0.15) is 0 Å². The van der Waals surface area contributed by atoms with E-state index in [0.717, 1.165) is 58.3 Å². The summed E-state index contributed by atoms with van der Waals surface area (Å²) in [5.74, 6) is 0.808. The molecule has 132 valence electrons. The van der Waals surface area contributed by atoms with Crippen molar-refractivity contribution < 1.29 is 14.3 Å². The number of aliphatic imine (C=N–C) groups is 1. The highest BCUT2D eigenvalue weighted by atomic mass is 16.5. The van der Waals surface area contributed by atoms with Crippen LogP contribution in [-0.2, 0) is 14.3 Å². The topological polar surface area (TPSA) is 66.4 Å². The van der Waals surface area contributed by atoms with Gasteiger partial charge in [-0.05, 0) is 19.8 Å². The van der Waals surface area contributed by atoms with Crippen LogP contribution >= 0.6 is 0 Å². The first-order valence-electron chi connectivity index (χ1n) is 8.67. The second-order valence-electron chi connectivity index (χ2n) is 5.92. The molecule has 0 bridgehead atoms. The number of hydrogen-bond donors (Lipinski definition) is 1. The second kappa shape index (κ2) is 9.72. The minimum Gasteiger partial charge on any atom is -0.466 e. The number of carbonyl (C=O) groups excluding carboxylic acids is 1. The lowest BCUT2D eigenvalue weighted by Gasteiger charge is -2.32. The maximum Gasteiger partial charge on any atom is 0.305 e. The van der Waals surface area contributed by atoms with Crippen LogP contribution in [0.1, 0.15) is 26.2 Å². The molecule has 23 heavy (non-hydrogen) atoms. The lowest BCUT2D eigenvalue weighted by atomic mass is 10.2. The van der Waals surface area contributed by atoms with Gasteiger partial charge in [-0.2, -0.15) is 0 Å². The van der Waals surface area contributed by atoms with Crippen LogP contribution in [0.15, 0.2) is 4.99 Å². The molecule has 0 amide bonds. The van der Waals surface area contributed by atoms with Gasteiger partial charge in [0, 0.05) is 52.2 Å². The third kappa shape index (κ3) is 5.66. The van der Waals surface area contributed by atoms with Crippen LogP contribution < -0.4 is 5.32 Å². The quantitative estimate of drug-likeness (QED) is 0.328. The smallest absolute Gasteiger partial charge is 0.305 e. The van der Waals surface area contributed by atoms with Crippen molar-refractivity contribution in [2.45, 2.75) is 32.2 Å². The maximum absolute atomic E-state index is 11.3. The van der Waals surface area contributed by atoms with Crippen LogP contribution in [0.4, 0.5) is 0 Å². The number of guanidine groups is 1. The molecule has 0 aliphatic carbocycles. The fourth-order valence-electron chi connectivity index (χ4n) is 3.17.